The van der Waals surface area contributed by atoms with Crippen LogP contribution in [0.5, 0.6) is 0 Å². The van der Waals surface area contributed by atoms with E-state index in [-0.39, 0.29) is 18.2 Å². The number of likely N-dealkylation sites (tertiary alicyclic amines) is 1. The molecule has 4 rings (SSSR count). The molecule has 140 valence electrons. The van der Waals surface area contributed by atoms with E-state index in [0.717, 1.165) is 43.0 Å². The molecular weight excluding hydrogens is 342 g/mol. The third kappa shape index (κ3) is 4.07. The van der Waals surface area contributed by atoms with Crippen LogP contribution in [0, 0.1) is 6.92 Å². The minimum absolute atomic E-state index is 0.0845. The molecule has 0 N–H and O–H groups in total. The summed E-state index contributed by atoms with van der Waals surface area (Å²) in [6, 6.07) is 5.82. The van der Waals surface area contributed by atoms with Gasteiger partial charge in [0, 0.05) is 49.9 Å². The predicted molar refractivity (Wildman–Crippen MR) is 99.1 cm³/mol. The van der Waals surface area contributed by atoms with Crippen molar-refractivity contribution in [1.82, 2.24) is 24.6 Å². The van der Waals surface area contributed by atoms with Gasteiger partial charge in [-0.2, -0.15) is 0 Å². The molecule has 1 saturated heterocycles. The monoisotopic (exact) mass is 365 g/mol. The number of piperidine rings is 1. The predicted octanol–water partition coefficient (Wildman–Crippen LogP) is 2.57. The van der Waals surface area contributed by atoms with Gasteiger partial charge in [0.2, 0.25) is 5.91 Å². The van der Waals surface area contributed by atoms with E-state index in [2.05, 4.69) is 25.8 Å². The Morgan fingerprint density at radius 3 is 3.07 bits per heavy atom. The average Bonchev–Trinajstić information content (AvgIpc) is 3.31. The maximum Gasteiger partial charge on any atom is 0.230 e. The van der Waals surface area contributed by atoms with Gasteiger partial charge in [-0.25, -0.2) is 4.98 Å². The lowest BCUT2D eigenvalue weighted by atomic mass is 9.96. The number of pyridine rings is 1. The molecule has 0 radical (unpaired) electrons. The standard InChI is InChI=1S/C20H23N5O2/c1-15-10-18(27-23-15)11-19(26)24-8-3-5-17(14-24)20-22-7-9-25(20)13-16-4-2-6-21-12-16/h2,4,6-7,9-10,12,17H,3,5,8,11,13-14H2,1H3/t17-/m1/s1. The Labute approximate surface area is 158 Å². The largest absolute Gasteiger partial charge is 0.361 e. The van der Waals surface area contributed by atoms with E-state index < -0.39 is 0 Å². The molecule has 7 heteroatoms. The van der Waals surface area contributed by atoms with Crippen LogP contribution < -0.4 is 0 Å². The second-order valence-electron chi connectivity index (χ2n) is 7.06. The minimum Gasteiger partial charge on any atom is -0.361 e. The number of aromatic nitrogens is 4. The highest BCUT2D eigenvalue weighted by Crippen LogP contribution is 2.26. The van der Waals surface area contributed by atoms with Crippen LogP contribution in [0.1, 0.15) is 41.6 Å². The summed E-state index contributed by atoms with van der Waals surface area (Å²) in [5, 5.41) is 3.86. The zero-order valence-electron chi connectivity index (χ0n) is 15.4. The second kappa shape index (κ2) is 7.73. The Balaban J connectivity index is 1.44. The quantitative estimate of drug-likeness (QED) is 0.694. The van der Waals surface area contributed by atoms with Crippen LogP contribution in [-0.2, 0) is 17.8 Å². The van der Waals surface area contributed by atoms with E-state index in [1.165, 1.54) is 0 Å². The Morgan fingerprint density at radius 2 is 2.30 bits per heavy atom. The number of carbonyl (C=O) groups excluding carboxylic acids is 1. The van der Waals surface area contributed by atoms with Gasteiger partial charge in [0.1, 0.15) is 11.6 Å². The van der Waals surface area contributed by atoms with E-state index in [4.69, 9.17) is 4.52 Å². The van der Waals surface area contributed by atoms with Crippen molar-refractivity contribution in [3.8, 4) is 0 Å². The van der Waals surface area contributed by atoms with Gasteiger partial charge in [-0.15, -0.1) is 0 Å². The molecule has 4 heterocycles. The molecule has 1 fully saturated rings. The number of nitrogens with zero attached hydrogens (tertiary/aromatic N) is 5. The molecule has 0 unspecified atom stereocenters. The Hall–Kier alpha value is -2.96. The lowest BCUT2D eigenvalue weighted by Gasteiger charge is -2.32. The summed E-state index contributed by atoms with van der Waals surface area (Å²) >= 11 is 0. The summed E-state index contributed by atoms with van der Waals surface area (Å²) in [7, 11) is 0. The van der Waals surface area contributed by atoms with Crippen molar-refractivity contribution in [3.63, 3.8) is 0 Å². The normalized spacial score (nSPS) is 17.2. The van der Waals surface area contributed by atoms with Gasteiger partial charge in [0.25, 0.3) is 0 Å². The molecule has 0 aliphatic carbocycles. The van der Waals surface area contributed by atoms with E-state index in [1.807, 2.05) is 42.5 Å². The van der Waals surface area contributed by atoms with Gasteiger partial charge in [-0.05, 0) is 31.4 Å². The van der Waals surface area contributed by atoms with Crippen LogP contribution >= 0.6 is 0 Å². The molecule has 0 spiro atoms. The van der Waals surface area contributed by atoms with Crippen LogP contribution in [0.15, 0.2) is 47.5 Å². The Kier molecular flexibility index (Phi) is 5.00. The van der Waals surface area contributed by atoms with E-state index >= 15 is 0 Å². The van der Waals surface area contributed by atoms with Crippen LogP contribution in [0.2, 0.25) is 0 Å². The Morgan fingerprint density at radius 1 is 1.37 bits per heavy atom. The van der Waals surface area contributed by atoms with Crippen molar-refractivity contribution in [2.24, 2.45) is 0 Å². The second-order valence-corrected chi connectivity index (χ2v) is 7.06. The van der Waals surface area contributed by atoms with Gasteiger partial charge in [0.05, 0.1) is 18.7 Å². The van der Waals surface area contributed by atoms with Gasteiger partial charge in [-0.1, -0.05) is 11.2 Å². The molecule has 0 saturated carbocycles. The molecule has 27 heavy (non-hydrogen) atoms. The number of hydrogen-bond acceptors (Lipinski definition) is 5. The molecule has 3 aromatic heterocycles. The molecule has 1 aliphatic heterocycles. The molecule has 3 aromatic rings. The lowest BCUT2D eigenvalue weighted by Crippen LogP contribution is -2.40. The highest BCUT2D eigenvalue weighted by Gasteiger charge is 2.28. The average molecular weight is 365 g/mol. The highest BCUT2D eigenvalue weighted by molar-refractivity contribution is 5.78. The first-order valence-electron chi connectivity index (χ1n) is 9.29. The molecule has 0 bridgehead atoms. The number of carbonyl (C=O) groups is 1. The van der Waals surface area contributed by atoms with Crippen molar-refractivity contribution in [2.75, 3.05) is 13.1 Å². The number of aryl methyl sites for hydroxylation is 1. The molecule has 0 aromatic carbocycles. The summed E-state index contributed by atoms with van der Waals surface area (Å²) in [6.45, 7) is 4.07. The van der Waals surface area contributed by atoms with Crippen LogP contribution in [0.3, 0.4) is 0 Å². The van der Waals surface area contributed by atoms with Crippen molar-refractivity contribution in [3.05, 3.63) is 65.8 Å². The summed E-state index contributed by atoms with van der Waals surface area (Å²) < 4.78 is 7.35. The number of rotatable bonds is 5. The summed E-state index contributed by atoms with van der Waals surface area (Å²) in [5.74, 6) is 1.98. The maximum absolute atomic E-state index is 12.7. The molecule has 7 nitrogen and oxygen atoms in total. The fourth-order valence-electron chi connectivity index (χ4n) is 3.68. The maximum atomic E-state index is 12.7. The first-order valence-corrected chi connectivity index (χ1v) is 9.29. The van der Waals surface area contributed by atoms with E-state index in [0.29, 0.717) is 12.3 Å². The van der Waals surface area contributed by atoms with E-state index in [1.54, 1.807) is 6.20 Å². The lowest BCUT2D eigenvalue weighted by molar-refractivity contribution is -0.132. The topological polar surface area (TPSA) is 77.0 Å². The summed E-state index contributed by atoms with van der Waals surface area (Å²) in [5.41, 5.74) is 1.94. The fourth-order valence-corrected chi connectivity index (χ4v) is 3.68. The van der Waals surface area contributed by atoms with Gasteiger partial charge in [-0.3, -0.25) is 9.78 Å². The first-order chi connectivity index (χ1) is 13.2. The Bertz CT molecular complexity index is 902. The van der Waals surface area contributed by atoms with Crippen molar-refractivity contribution < 1.29 is 9.32 Å². The van der Waals surface area contributed by atoms with E-state index in [9.17, 15) is 4.79 Å². The van der Waals surface area contributed by atoms with Crippen LogP contribution in [-0.4, -0.2) is 43.6 Å². The summed E-state index contributed by atoms with van der Waals surface area (Å²) in [6.07, 6.45) is 9.77. The van der Waals surface area contributed by atoms with Gasteiger partial charge < -0.3 is 14.0 Å². The third-order valence-electron chi connectivity index (χ3n) is 4.96. The molecular formula is C20H23N5O2. The number of hydrogen-bond donors (Lipinski definition) is 0. The van der Waals surface area contributed by atoms with Crippen LogP contribution in [0.25, 0.3) is 0 Å². The zero-order chi connectivity index (χ0) is 18.6. The number of imidazole rings is 1. The summed E-state index contributed by atoms with van der Waals surface area (Å²) in [4.78, 5) is 23.4. The van der Waals surface area contributed by atoms with Gasteiger partial charge >= 0.3 is 0 Å². The fraction of sp³-hybridized carbons (Fsp3) is 0.400. The van der Waals surface area contributed by atoms with Crippen LogP contribution in [0.4, 0.5) is 0 Å². The highest BCUT2D eigenvalue weighted by atomic mass is 16.5. The van der Waals surface area contributed by atoms with Crippen molar-refractivity contribution in [1.29, 1.82) is 0 Å². The zero-order valence-corrected chi connectivity index (χ0v) is 15.4. The van der Waals surface area contributed by atoms with Crippen molar-refractivity contribution in [2.45, 2.75) is 38.6 Å². The smallest absolute Gasteiger partial charge is 0.230 e. The SMILES string of the molecule is Cc1cc(CC(=O)N2CCC[C@@H](c3nccn3Cc3cccnc3)C2)on1. The number of amides is 1. The molecule has 1 atom stereocenters. The van der Waals surface area contributed by atoms with Gasteiger partial charge in [0.15, 0.2) is 0 Å². The molecule has 1 amide bonds. The minimum atomic E-state index is 0.0845. The van der Waals surface area contributed by atoms with Crippen molar-refractivity contribution >= 4 is 5.91 Å². The first kappa shape index (κ1) is 17.5. The molecule has 1 aliphatic rings. The third-order valence-corrected chi connectivity index (χ3v) is 4.96.